The Labute approximate surface area is 425 Å². The summed E-state index contributed by atoms with van der Waals surface area (Å²) >= 11 is 0. The summed E-state index contributed by atoms with van der Waals surface area (Å²) in [5.41, 5.74) is 11.1. The minimum absolute atomic E-state index is 0.0134. The number of carbonyl (C=O) groups excluding carboxylic acids is 4. The summed E-state index contributed by atoms with van der Waals surface area (Å²) in [5.74, 6) is -2.75. The molecule has 0 N–H and O–H groups in total. The molecule has 0 aliphatic heterocycles. The molecule has 0 saturated carbocycles. The molecule has 74 heavy (non-hydrogen) atoms. The van der Waals surface area contributed by atoms with E-state index < -0.39 is 34.7 Å². The zero-order chi connectivity index (χ0) is 50.6. The fourth-order valence-corrected chi connectivity index (χ4v) is 10.6. The fraction of sp³-hybridized carbons (Fsp3) is 0.161. The first-order valence-corrected chi connectivity index (χ1v) is 24.5. The van der Waals surface area contributed by atoms with Crippen LogP contribution in [0.15, 0.2) is 170 Å². The zero-order valence-corrected chi connectivity index (χ0v) is 40.5. The van der Waals surface area contributed by atoms with Gasteiger partial charge in [-0.15, -0.1) is 0 Å². The standard InChI is InChI=1S/C62H46N4O8/c1-61-23-24-62(2,47-31-55-53(29-45(47)61)63-49-25-41(57(67)71-33-37-15-7-3-8-16-37)43(27-51(49)65-55)59(69)73-35-39-19-11-5-12-20-39)48-32-56-54(30-46(48)61)64-50-26-42(58(68)72-34-38-17-9-4-10-18-38)44(28-52(50)66-56)60(70)74-36-40-21-13-6-14-22-40/h3-22,25-32H,23-24,33-36H2,1-2H3. The number of hydrogen-bond donors (Lipinski definition) is 0. The van der Waals surface area contributed by atoms with E-state index in [9.17, 15) is 19.2 Å². The van der Waals surface area contributed by atoms with Gasteiger partial charge in [-0.3, -0.25) is 0 Å². The Balaban J connectivity index is 0.925. The van der Waals surface area contributed by atoms with Gasteiger partial charge in [-0.2, -0.15) is 0 Å². The molecule has 12 heteroatoms. The summed E-state index contributed by atoms with van der Waals surface area (Å²) in [5, 5.41) is 0. The van der Waals surface area contributed by atoms with Crippen LogP contribution in [0.5, 0.6) is 0 Å². The molecule has 2 heterocycles. The Morgan fingerprint density at radius 1 is 0.338 bits per heavy atom. The lowest BCUT2D eigenvalue weighted by atomic mass is 9.50. The van der Waals surface area contributed by atoms with Gasteiger partial charge in [0.05, 0.1) is 66.4 Å². The highest BCUT2D eigenvalue weighted by Gasteiger charge is 2.52. The Hall–Kier alpha value is -9.16. The number of fused-ring (bicyclic) bond motifs is 5. The second-order valence-electron chi connectivity index (χ2n) is 19.4. The van der Waals surface area contributed by atoms with Crippen molar-refractivity contribution in [3.8, 4) is 0 Å². The topological polar surface area (TPSA) is 157 Å². The smallest absolute Gasteiger partial charge is 0.339 e. The molecule has 12 nitrogen and oxygen atoms in total. The molecule has 0 amide bonds. The lowest BCUT2D eigenvalue weighted by Gasteiger charge is -2.53. The van der Waals surface area contributed by atoms with E-state index in [1.54, 1.807) is 24.3 Å². The summed E-state index contributed by atoms with van der Waals surface area (Å²) < 4.78 is 23.0. The van der Waals surface area contributed by atoms with Gasteiger partial charge < -0.3 is 18.9 Å². The summed E-state index contributed by atoms with van der Waals surface area (Å²) in [7, 11) is 0. The summed E-state index contributed by atoms with van der Waals surface area (Å²) in [4.78, 5) is 75.9. The van der Waals surface area contributed by atoms with Gasteiger partial charge in [-0.1, -0.05) is 135 Å². The molecule has 0 fully saturated rings. The second kappa shape index (κ2) is 18.5. The third-order valence-electron chi connectivity index (χ3n) is 14.7. The third-order valence-corrected chi connectivity index (χ3v) is 14.7. The first-order valence-electron chi connectivity index (χ1n) is 24.5. The van der Waals surface area contributed by atoms with E-state index in [1.807, 2.05) is 121 Å². The number of rotatable bonds is 12. The van der Waals surface area contributed by atoms with Gasteiger partial charge in [0.1, 0.15) is 26.4 Å². The molecule has 0 spiro atoms. The maximum absolute atomic E-state index is 13.9. The van der Waals surface area contributed by atoms with Crippen LogP contribution in [0, 0.1) is 0 Å². The van der Waals surface area contributed by atoms with Crippen molar-refractivity contribution in [3.05, 3.63) is 237 Å². The Kier molecular flexibility index (Phi) is 11.5. The first-order chi connectivity index (χ1) is 36.0. The van der Waals surface area contributed by atoms with E-state index in [0.717, 1.165) is 57.3 Å². The largest absolute Gasteiger partial charge is 0.457 e. The molecule has 2 aromatic heterocycles. The molecule has 8 aromatic carbocycles. The van der Waals surface area contributed by atoms with Crippen LogP contribution in [-0.2, 0) is 56.2 Å². The van der Waals surface area contributed by atoms with E-state index >= 15 is 0 Å². The van der Waals surface area contributed by atoms with Crippen LogP contribution in [0.4, 0.5) is 0 Å². The predicted octanol–water partition coefficient (Wildman–Crippen LogP) is 12.0. The van der Waals surface area contributed by atoms with Crippen LogP contribution >= 0.6 is 0 Å². The minimum atomic E-state index is -0.687. The van der Waals surface area contributed by atoms with E-state index in [-0.39, 0.29) is 48.7 Å². The van der Waals surface area contributed by atoms with Gasteiger partial charge in [0.15, 0.2) is 0 Å². The number of esters is 4. The SMILES string of the molecule is CC12CCC(C)(c3cc4nc5cc(C(=O)OCc6ccccc6)c(C(=O)OCc6ccccc6)cc5nc4cc31)c1cc3nc4cc(C(=O)OCc5ccccc5)c(C(=O)OCc5ccccc5)cc4nc3cc12. The summed E-state index contributed by atoms with van der Waals surface area (Å²) in [6, 6.07) is 52.0. The average Bonchev–Trinajstić information content (AvgIpc) is 3.46. The number of ether oxygens (including phenoxy) is 4. The molecular formula is C62H46N4O8. The third kappa shape index (κ3) is 8.33. The van der Waals surface area contributed by atoms with Crippen LogP contribution in [-0.4, -0.2) is 43.8 Å². The van der Waals surface area contributed by atoms with Crippen molar-refractivity contribution in [3.63, 3.8) is 0 Å². The second-order valence-corrected chi connectivity index (χ2v) is 19.4. The first kappa shape index (κ1) is 45.9. The highest BCUT2D eigenvalue weighted by atomic mass is 16.5. The van der Waals surface area contributed by atoms with Gasteiger partial charge in [-0.25, -0.2) is 39.1 Å². The number of hydrogen-bond acceptors (Lipinski definition) is 12. The van der Waals surface area contributed by atoms with Crippen molar-refractivity contribution in [2.75, 3.05) is 0 Å². The molecule has 0 atom stereocenters. The number of benzene rings is 8. The Morgan fingerprint density at radius 3 is 0.757 bits per heavy atom. The molecule has 2 bridgehead atoms. The lowest BCUT2D eigenvalue weighted by Crippen LogP contribution is -2.46. The highest BCUT2D eigenvalue weighted by molar-refractivity contribution is 6.08. The average molecular weight is 975 g/mol. The zero-order valence-electron chi connectivity index (χ0n) is 40.5. The lowest BCUT2D eigenvalue weighted by molar-refractivity contribution is 0.0425. The minimum Gasteiger partial charge on any atom is -0.457 e. The molecule has 3 aliphatic carbocycles. The molecule has 10 aromatic rings. The fourth-order valence-electron chi connectivity index (χ4n) is 10.6. The van der Waals surface area contributed by atoms with Crippen molar-refractivity contribution in [2.24, 2.45) is 0 Å². The van der Waals surface area contributed by atoms with E-state index in [2.05, 4.69) is 38.1 Å². The monoisotopic (exact) mass is 974 g/mol. The van der Waals surface area contributed by atoms with Crippen LogP contribution in [0.25, 0.3) is 44.1 Å². The highest BCUT2D eigenvalue weighted by Crippen LogP contribution is 2.60. The number of aromatic nitrogens is 4. The molecule has 13 rings (SSSR count). The number of nitrogens with zero attached hydrogens (tertiary/aromatic N) is 4. The van der Waals surface area contributed by atoms with E-state index in [0.29, 0.717) is 44.1 Å². The molecular weight excluding hydrogens is 929 g/mol. The van der Waals surface area contributed by atoms with Crippen molar-refractivity contribution in [1.29, 1.82) is 0 Å². The molecule has 0 radical (unpaired) electrons. The number of carbonyl (C=O) groups is 4. The normalized spacial score (nSPS) is 16.4. The van der Waals surface area contributed by atoms with Gasteiger partial charge in [0, 0.05) is 10.8 Å². The van der Waals surface area contributed by atoms with Gasteiger partial charge in [0.25, 0.3) is 0 Å². The van der Waals surface area contributed by atoms with E-state index in [4.69, 9.17) is 38.9 Å². The van der Waals surface area contributed by atoms with Crippen molar-refractivity contribution >= 4 is 68.0 Å². The Morgan fingerprint density at radius 2 is 0.541 bits per heavy atom. The van der Waals surface area contributed by atoms with Gasteiger partial charge >= 0.3 is 23.9 Å². The maximum atomic E-state index is 13.9. The van der Waals surface area contributed by atoms with Gasteiger partial charge in [0.2, 0.25) is 0 Å². The summed E-state index contributed by atoms with van der Waals surface area (Å²) in [6.45, 7) is 4.54. The van der Waals surface area contributed by atoms with Crippen LogP contribution in [0.3, 0.4) is 0 Å². The molecule has 362 valence electrons. The van der Waals surface area contributed by atoms with Crippen LogP contribution in [0.1, 0.15) is 113 Å². The molecule has 0 unspecified atom stereocenters. The predicted molar refractivity (Wildman–Crippen MR) is 278 cm³/mol. The van der Waals surface area contributed by atoms with E-state index in [1.165, 1.54) is 0 Å². The van der Waals surface area contributed by atoms with Gasteiger partial charge in [-0.05, 0) is 106 Å². The van der Waals surface area contributed by atoms with Crippen LogP contribution < -0.4 is 0 Å². The molecule has 0 saturated heterocycles. The summed E-state index contributed by atoms with van der Waals surface area (Å²) in [6.07, 6.45) is 1.69. The van der Waals surface area contributed by atoms with Crippen LogP contribution in [0.2, 0.25) is 0 Å². The van der Waals surface area contributed by atoms with Crippen molar-refractivity contribution in [1.82, 2.24) is 19.9 Å². The maximum Gasteiger partial charge on any atom is 0.339 e. The Bertz CT molecular complexity index is 3410. The quantitative estimate of drug-likeness (QED) is 0.0649. The van der Waals surface area contributed by atoms with Crippen molar-refractivity contribution < 1.29 is 38.1 Å². The van der Waals surface area contributed by atoms with Crippen molar-refractivity contribution in [2.45, 2.75) is 63.9 Å². The molecule has 3 aliphatic rings.